The summed E-state index contributed by atoms with van der Waals surface area (Å²) in [6.07, 6.45) is 1.66. The maximum atomic E-state index is 12.7. The molecule has 1 amide bonds. The fraction of sp³-hybridized carbons (Fsp3) is 0.103. The van der Waals surface area contributed by atoms with E-state index in [1.165, 1.54) is 5.56 Å². The van der Waals surface area contributed by atoms with E-state index in [4.69, 9.17) is 0 Å². The highest BCUT2D eigenvalue weighted by molar-refractivity contribution is 6.10. The second-order valence-corrected chi connectivity index (χ2v) is 8.01. The van der Waals surface area contributed by atoms with Gasteiger partial charge in [-0.25, -0.2) is 0 Å². The van der Waals surface area contributed by atoms with Crippen LogP contribution in [0.4, 0.5) is 5.69 Å². The molecule has 0 atom stereocenters. The quantitative estimate of drug-likeness (QED) is 0.285. The summed E-state index contributed by atoms with van der Waals surface area (Å²) in [5.41, 5.74) is 7.92. The van der Waals surface area contributed by atoms with Crippen LogP contribution < -0.4 is 5.32 Å². The molecule has 0 aliphatic carbocycles. The molecule has 0 radical (unpaired) electrons. The van der Waals surface area contributed by atoms with Crippen LogP contribution in [0.1, 0.15) is 22.5 Å². The lowest BCUT2D eigenvalue weighted by atomic mass is 10.1. The molecule has 162 valence electrons. The van der Waals surface area contributed by atoms with Crippen molar-refractivity contribution in [3.05, 3.63) is 113 Å². The van der Waals surface area contributed by atoms with Gasteiger partial charge in [-0.05, 0) is 73.4 Å². The van der Waals surface area contributed by atoms with Crippen molar-refractivity contribution >= 4 is 17.7 Å². The van der Waals surface area contributed by atoms with Crippen LogP contribution in [-0.4, -0.2) is 10.5 Å². The first-order valence-electron chi connectivity index (χ1n) is 10.8. The average molecular weight is 432 g/mol. The van der Waals surface area contributed by atoms with Crippen molar-refractivity contribution in [2.75, 3.05) is 5.32 Å². The van der Waals surface area contributed by atoms with Gasteiger partial charge in [-0.15, -0.1) is 0 Å². The normalized spacial score (nSPS) is 11.2. The van der Waals surface area contributed by atoms with Gasteiger partial charge in [0.1, 0.15) is 11.6 Å². The Bertz CT molecular complexity index is 1370. The molecule has 0 spiro atoms. The molecule has 4 nitrogen and oxygen atoms in total. The molecule has 4 aromatic rings. The maximum absolute atomic E-state index is 12.7. The van der Waals surface area contributed by atoms with E-state index in [0.717, 1.165) is 33.8 Å². The fourth-order valence-corrected chi connectivity index (χ4v) is 3.97. The van der Waals surface area contributed by atoms with Crippen LogP contribution in [0.25, 0.3) is 22.9 Å². The summed E-state index contributed by atoms with van der Waals surface area (Å²) in [6.45, 7) is 5.94. The zero-order chi connectivity index (χ0) is 23.4. The predicted molar refractivity (Wildman–Crippen MR) is 134 cm³/mol. The highest BCUT2D eigenvalue weighted by atomic mass is 16.1. The summed E-state index contributed by atoms with van der Waals surface area (Å²) in [5.74, 6) is -0.413. The molecular formula is C29H25N3O. The molecule has 1 N–H and O–H groups in total. The Kier molecular flexibility index (Phi) is 6.24. The molecule has 0 saturated heterocycles. The standard InChI is InChI=1S/C29H25N3O/c1-20-9-7-8-12-28(20)31-29(33)26(19-30)18-25-17-21(2)32(22(25)3)27-15-13-24(14-16-27)23-10-5-4-6-11-23/h4-18H,1-3H3,(H,31,33). The van der Waals surface area contributed by atoms with Crippen LogP contribution in [0.15, 0.2) is 90.5 Å². The molecule has 0 unspecified atom stereocenters. The molecular weight excluding hydrogens is 406 g/mol. The van der Waals surface area contributed by atoms with Crippen LogP contribution in [0.5, 0.6) is 0 Å². The largest absolute Gasteiger partial charge is 0.321 e. The SMILES string of the molecule is Cc1ccccc1NC(=O)C(C#N)=Cc1cc(C)n(-c2ccc(-c3ccccc3)cc2)c1C. The molecule has 1 aromatic heterocycles. The van der Waals surface area contributed by atoms with E-state index in [2.05, 4.69) is 52.4 Å². The van der Waals surface area contributed by atoms with Crippen LogP contribution >= 0.6 is 0 Å². The average Bonchev–Trinajstić information content (AvgIpc) is 3.12. The van der Waals surface area contributed by atoms with Crippen molar-refractivity contribution < 1.29 is 4.79 Å². The maximum Gasteiger partial charge on any atom is 0.266 e. The number of anilines is 1. The van der Waals surface area contributed by atoms with Gasteiger partial charge >= 0.3 is 0 Å². The van der Waals surface area contributed by atoms with Gasteiger partial charge in [0.05, 0.1) is 0 Å². The summed E-state index contributed by atoms with van der Waals surface area (Å²) in [7, 11) is 0. The minimum absolute atomic E-state index is 0.0675. The third kappa shape index (κ3) is 4.63. The molecule has 3 aromatic carbocycles. The fourth-order valence-electron chi connectivity index (χ4n) is 3.97. The Labute approximate surface area is 194 Å². The van der Waals surface area contributed by atoms with Crippen molar-refractivity contribution in [1.29, 1.82) is 5.26 Å². The number of aryl methyl sites for hydroxylation is 2. The van der Waals surface area contributed by atoms with E-state index in [1.54, 1.807) is 6.08 Å². The van der Waals surface area contributed by atoms with E-state index in [0.29, 0.717) is 5.69 Å². The van der Waals surface area contributed by atoms with E-state index >= 15 is 0 Å². The van der Waals surface area contributed by atoms with E-state index < -0.39 is 5.91 Å². The zero-order valence-corrected chi connectivity index (χ0v) is 19.0. The Balaban J connectivity index is 1.63. The number of nitrogens with one attached hydrogen (secondary N) is 1. The smallest absolute Gasteiger partial charge is 0.266 e. The van der Waals surface area contributed by atoms with Crippen LogP contribution in [-0.2, 0) is 4.79 Å². The Morgan fingerprint density at radius 1 is 0.879 bits per heavy atom. The summed E-state index contributed by atoms with van der Waals surface area (Å²) in [5, 5.41) is 12.5. The Morgan fingerprint density at radius 3 is 2.18 bits per heavy atom. The number of benzene rings is 3. The Morgan fingerprint density at radius 2 is 1.52 bits per heavy atom. The summed E-state index contributed by atoms with van der Waals surface area (Å²) >= 11 is 0. The van der Waals surface area contributed by atoms with Gasteiger partial charge in [0.15, 0.2) is 0 Å². The molecule has 4 heteroatoms. The van der Waals surface area contributed by atoms with Crippen molar-refractivity contribution in [2.24, 2.45) is 0 Å². The lowest BCUT2D eigenvalue weighted by Crippen LogP contribution is -2.14. The molecule has 0 aliphatic heterocycles. The predicted octanol–water partition coefficient (Wildman–Crippen LogP) is 6.62. The molecule has 4 rings (SSSR count). The highest BCUT2D eigenvalue weighted by Crippen LogP contribution is 2.26. The first-order chi connectivity index (χ1) is 16.0. The van der Waals surface area contributed by atoms with Crippen molar-refractivity contribution in [2.45, 2.75) is 20.8 Å². The molecule has 0 aliphatic rings. The molecule has 33 heavy (non-hydrogen) atoms. The van der Waals surface area contributed by atoms with Gasteiger partial charge < -0.3 is 9.88 Å². The van der Waals surface area contributed by atoms with E-state index in [1.807, 2.05) is 69.3 Å². The number of hydrogen-bond donors (Lipinski definition) is 1. The number of carbonyl (C=O) groups excluding carboxylic acids is 1. The molecule has 1 heterocycles. The van der Waals surface area contributed by atoms with Gasteiger partial charge in [-0.1, -0.05) is 60.7 Å². The van der Waals surface area contributed by atoms with E-state index in [9.17, 15) is 10.1 Å². The third-order valence-electron chi connectivity index (χ3n) is 5.76. The van der Waals surface area contributed by atoms with Gasteiger partial charge in [0.2, 0.25) is 0 Å². The Hall–Kier alpha value is -4.36. The van der Waals surface area contributed by atoms with Gasteiger partial charge in [-0.3, -0.25) is 4.79 Å². The van der Waals surface area contributed by atoms with Gasteiger partial charge in [0, 0.05) is 22.8 Å². The number of nitriles is 1. The lowest BCUT2D eigenvalue weighted by Gasteiger charge is -2.11. The second kappa shape index (κ2) is 9.42. The van der Waals surface area contributed by atoms with Crippen molar-refractivity contribution in [1.82, 2.24) is 4.57 Å². The van der Waals surface area contributed by atoms with Crippen LogP contribution in [0, 0.1) is 32.1 Å². The van der Waals surface area contributed by atoms with Gasteiger partial charge in [0.25, 0.3) is 5.91 Å². The minimum atomic E-state index is -0.413. The van der Waals surface area contributed by atoms with Crippen LogP contribution in [0.2, 0.25) is 0 Å². The minimum Gasteiger partial charge on any atom is -0.321 e. The number of rotatable bonds is 5. The van der Waals surface area contributed by atoms with Crippen molar-refractivity contribution in [3.8, 4) is 22.9 Å². The number of hydrogen-bond acceptors (Lipinski definition) is 2. The summed E-state index contributed by atoms with van der Waals surface area (Å²) in [6, 6.07) is 30.2. The molecule has 0 saturated carbocycles. The van der Waals surface area contributed by atoms with Crippen LogP contribution in [0.3, 0.4) is 0 Å². The van der Waals surface area contributed by atoms with Gasteiger partial charge in [-0.2, -0.15) is 5.26 Å². The third-order valence-corrected chi connectivity index (χ3v) is 5.76. The number of para-hydroxylation sites is 1. The second-order valence-electron chi connectivity index (χ2n) is 8.01. The molecule has 0 fully saturated rings. The first-order valence-corrected chi connectivity index (χ1v) is 10.8. The number of amides is 1. The number of carbonyl (C=O) groups is 1. The molecule has 0 bridgehead atoms. The monoisotopic (exact) mass is 431 g/mol. The van der Waals surface area contributed by atoms with Crippen molar-refractivity contribution in [3.63, 3.8) is 0 Å². The first kappa shape index (κ1) is 21.9. The highest BCUT2D eigenvalue weighted by Gasteiger charge is 2.14. The zero-order valence-electron chi connectivity index (χ0n) is 19.0. The number of aromatic nitrogens is 1. The summed E-state index contributed by atoms with van der Waals surface area (Å²) < 4.78 is 2.13. The topological polar surface area (TPSA) is 57.8 Å². The number of nitrogens with zero attached hydrogens (tertiary/aromatic N) is 2. The lowest BCUT2D eigenvalue weighted by molar-refractivity contribution is -0.112. The van der Waals surface area contributed by atoms with E-state index in [-0.39, 0.29) is 5.57 Å². The summed E-state index contributed by atoms with van der Waals surface area (Å²) in [4.78, 5) is 12.7.